The van der Waals surface area contributed by atoms with Gasteiger partial charge in [0, 0.05) is 24.6 Å². The van der Waals surface area contributed by atoms with Crippen LogP contribution in [-0.4, -0.2) is 18.3 Å². The van der Waals surface area contributed by atoms with Gasteiger partial charge in [-0.05, 0) is 31.5 Å². The molecular weight excluding hydrogens is 254 g/mol. The molecule has 1 aromatic heterocycles. The Balaban J connectivity index is 1.82. The molecule has 4 nitrogen and oxygen atoms in total. The first-order valence-electron chi connectivity index (χ1n) is 6.81. The largest absolute Gasteiger partial charge is 0.504 e. The molecule has 0 aliphatic carbocycles. The summed E-state index contributed by atoms with van der Waals surface area (Å²) >= 11 is 0. The normalized spacial score (nSPS) is 12.3. The zero-order valence-electron chi connectivity index (χ0n) is 11.9. The molecule has 2 N–H and O–H groups in total. The van der Waals surface area contributed by atoms with Crippen molar-refractivity contribution in [2.45, 2.75) is 32.4 Å². The molecule has 0 bridgehead atoms. The number of methoxy groups -OCH3 is 1. The van der Waals surface area contributed by atoms with Crippen LogP contribution in [0.15, 0.2) is 41.0 Å². The number of hydrogen-bond donors (Lipinski definition) is 2. The van der Waals surface area contributed by atoms with Crippen molar-refractivity contribution in [2.24, 2.45) is 0 Å². The Morgan fingerprint density at radius 3 is 2.85 bits per heavy atom. The first kappa shape index (κ1) is 14.5. The topological polar surface area (TPSA) is 54.6 Å². The third kappa shape index (κ3) is 3.78. The van der Waals surface area contributed by atoms with E-state index in [9.17, 15) is 5.11 Å². The summed E-state index contributed by atoms with van der Waals surface area (Å²) in [5, 5.41) is 13.4. The summed E-state index contributed by atoms with van der Waals surface area (Å²) in [5.41, 5.74) is 0.842. The van der Waals surface area contributed by atoms with E-state index in [1.165, 1.54) is 0 Å². The van der Waals surface area contributed by atoms with Gasteiger partial charge in [-0.2, -0.15) is 0 Å². The molecule has 0 saturated carbocycles. The minimum absolute atomic E-state index is 0.209. The number of nitrogens with one attached hydrogen (secondary N) is 1. The highest BCUT2D eigenvalue weighted by atomic mass is 16.5. The highest BCUT2D eigenvalue weighted by Gasteiger charge is 2.09. The molecule has 2 aromatic rings. The van der Waals surface area contributed by atoms with E-state index in [-0.39, 0.29) is 5.75 Å². The molecule has 0 amide bonds. The second-order valence-electron chi connectivity index (χ2n) is 4.87. The molecule has 1 atom stereocenters. The Hall–Kier alpha value is -1.94. The molecule has 1 unspecified atom stereocenters. The summed E-state index contributed by atoms with van der Waals surface area (Å²) in [6, 6.07) is 9.75. The fraction of sp³-hybridized carbons (Fsp3) is 0.375. The summed E-state index contributed by atoms with van der Waals surface area (Å²) in [5.74, 6) is 1.72. The minimum Gasteiger partial charge on any atom is -0.504 e. The second-order valence-corrected chi connectivity index (χ2v) is 4.87. The Bertz CT molecular complexity index is 523. The summed E-state index contributed by atoms with van der Waals surface area (Å²) in [6.07, 6.45) is 3.59. The van der Waals surface area contributed by atoms with E-state index < -0.39 is 0 Å². The number of phenolic OH excluding ortho intramolecular Hbond substituents is 1. The molecule has 0 saturated heterocycles. The van der Waals surface area contributed by atoms with Crippen LogP contribution in [-0.2, 0) is 13.0 Å². The number of rotatable bonds is 7. The van der Waals surface area contributed by atoms with E-state index in [0.717, 1.165) is 24.2 Å². The molecule has 0 fully saturated rings. The third-order valence-electron chi connectivity index (χ3n) is 3.35. The van der Waals surface area contributed by atoms with Crippen LogP contribution >= 0.6 is 0 Å². The average Bonchev–Trinajstić information content (AvgIpc) is 2.97. The number of benzene rings is 1. The predicted octanol–water partition coefficient (Wildman–Crippen LogP) is 3.10. The van der Waals surface area contributed by atoms with Crippen LogP contribution < -0.4 is 10.1 Å². The van der Waals surface area contributed by atoms with Gasteiger partial charge in [-0.1, -0.05) is 12.1 Å². The van der Waals surface area contributed by atoms with E-state index in [1.807, 2.05) is 24.3 Å². The summed E-state index contributed by atoms with van der Waals surface area (Å²) < 4.78 is 10.4. The van der Waals surface area contributed by atoms with Crippen molar-refractivity contribution in [3.8, 4) is 11.5 Å². The van der Waals surface area contributed by atoms with Gasteiger partial charge in [-0.3, -0.25) is 0 Å². The smallest absolute Gasteiger partial charge is 0.162 e. The van der Waals surface area contributed by atoms with Gasteiger partial charge in [-0.25, -0.2) is 0 Å². The molecule has 1 heterocycles. The van der Waals surface area contributed by atoms with Crippen molar-refractivity contribution in [1.29, 1.82) is 0 Å². The predicted molar refractivity (Wildman–Crippen MR) is 78.0 cm³/mol. The maximum atomic E-state index is 10.0. The third-order valence-corrected chi connectivity index (χ3v) is 3.35. The quantitative estimate of drug-likeness (QED) is 0.815. The van der Waals surface area contributed by atoms with Crippen LogP contribution in [0.4, 0.5) is 0 Å². The Labute approximate surface area is 119 Å². The molecule has 0 aliphatic rings. The molecule has 0 radical (unpaired) electrons. The lowest BCUT2D eigenvalue weighted by Gasteiger charge is -2.14. The maximum Gasteiger partial charge on any atom is 0.162 e. The molecule has 4 heteroatoms. The number of ether oxygens (including phenoxy) is 1. The van der Waals surface area contributed by atoms with Crippen molar-refractivity contribution in [1.82, 2.24) is 5.32 Å². The Morgan fingerprint density at radius 1 is 1.30 bits per heavy atom. The molecule has 108 valence electrons. The van der Waals surface area contributed by atoms with Gasteiger partial charge in [-0.15, -0.1) is 0 Å². The van der Waals surface area contributed by atoms with Gasteiger partial charge in [0.25, 0.3) is 0 Å². The average molecular weight is 275 g/mol. The number of hydrogen-bond acceptors (Lipinski definition) is 4. The Kier molecular flexibility index (Phi) is 5.07. The maximum absolute atomic E-state index is 10.0. The molecule has 20 heavy (non-hydrogen) atoms. The summed E-state index contributed by atoms with van der Waals surface area (Å²) in [6.45, 7) is 2.74. The highest BCUT2D eigenvalue weighted by Crippen LogP contribution is 2.29. The van der Waals surface area contributed by atoms with Crippen LogP contribution in [0.1, 0.15) is 24.7 Å². The number of furan rings is 1. The number of para-hydroxylation sites is 1. The monoisotopic (exact) mass is 275 g/mol. The van der Waals surface area contributed by atoms with Gasteiger partial charge >= 0.3 is 0 Å². The van der Waals surface area contributed by atoms with Crippen LogP contribution in [0.5, 0.6) is 11.5 Å². The number of phenols is 1. The van der Waals surface area contributed by atoms with Crippen molar-refractivity contribution in [2.75, 3.05) is 7.11 Å². The zero-order valence-corrected chi connectivity index (χ0v) is 11.9. The standard InChI is InChI=1S/C16H21NO3/c1-12(8-9-14-6-4-10-20-14)17-11-13-5-3-7-15(19-2)16(13)18/h3-7,10,12,17-18H,8-9,11H2,1-2H3. The van der Waals surface area contributed by atoms with E-state index in [0.29, 0.717) is 18.3 Å². The van der Waals surface area contributed by atoms with Crippen LogP contribution in [0, 0.1) is 0 Å². The second kappa shape index (κ2) is 7.01. The van der Waals surface area contributed by atoms with Crippen LogP contribution in [0.3, 0.4) is 0 Å². The summed E-state index contributed by atoms with van der Waals surface area (Å²) in [7, 11) is 1.55. The van der Waals surface area contributed by atoms with Crippen molar-refractivity contribution in [3.63, 3.8) is 0 Å². The van der Waals surface area contributed by atoms with Crippen molar-refractivity contribution < 1.29 is 14.3 Å². The van der Waals surface area contributed by atoms with Gasteiger partial charge in [0.1, 0.15) is 5.76 Å². The number of aromatic hydroxyl groups is 1. The van der Waals surface area contributed by atoms with E-state index in [1.54, 1.807) is 19.4 Å². The van der Waals surface area contributed by atoms with Crippen molar-refractivity contribution >= 4 is 0 Å². The lowest BCUT2D eigenvalue weighted by atomic mass is 10.1. The molecule has 2 rings (SSSR count). The zero-order chi connectivity index (χ0) is 14.4. The minimum atomic E-state index is 0.209. The van der Waals surface area contributed by atoms with Gasteiger partial charge in [0.15, 0.2) is 11.5 Å². The first-order chi connectivity index (χ1) is 9.70. The van der Waals surface area contributed by atoms with E-state index >= 15 is 0 Å². The number of aryl methyl sites for hydroxylation is 1. The fourth-order valence-corrected chi connectivity index (χ4v) is 2.07. The van der Waals surface area contributed by atoms with Gasteiger partial charge in [0.05, 0.1) is 13.4 Å². The van der Waals surface area contributed by atoms with Crippen LogP contribution in [0.25, 0.3) is 0 Å². The summed E-state index contributed by atoms with van der Waals surface area (Å²) in [4.78, 5) is 0. The molecule has 0 spiro atoms. The SMILES string of the molecule is COc1cccc(CNC(C)CCc2ccco2)c1O. The van der Waals surface area contributed by atoms with Crippen molar-refractivity contribution in [3.05, 3.63) is 47.9 Å². The van der Waals surface area contributed by atoms with Gasteiger partial charge < -0.3 is 19.6 Å². The van der Waals surface area contributed by atoms with E-state index in [4.69, 9.17) is 9.15 Å². The fourth-order valence-electron chi connectivity index (χ4n) is 2.07. The molecule has 0 aliphatic heterocycles. The van der Waals surface area contributed by atoms with Gasteiger partial charge in [0.2, 0.25) is 0 Å². The Morgan fingerprint density at radius 2 is 2.15 bits per heavy atom. The van der Waals surface area contributed by atoms with Crippen LogP contribution in [0.2, 0.25) is 0 Å². The molecular formula is C16H21NO3. The lowest BCUT2D eigenvalue weighted by molar-refractivity contribution is 0.368. The first-order valence-corrected chi connectivity index (χ1v) is 6.81. The highest BCUT2D eigenvalue weighted by molar-refractivity contribution is 5.45. The van der Waals surface area contributed by atoms with E-state index in [2.05, 4.69) is 12.2 Å². The lowest BCUT2D eigenvalue weighted by Crippen LogP contribution is -2.26. The molecule has 1 aromatic carbocycles.